The van der Waals surface area contributed by atoms with Crippen molar-refractivity contribution in [2.75, 3.05) is 43.0 Å². The van der Waals surface area contributed by atoms with Gasteiger partial charge in [-0.2, -0.15) is 0 Å². The molecule has 0 radical (unpaired) electrons. The lowest BCUT2D eigenvalue weighted by molar-refractivity contribution is -0.180. The summed E-state index contributed by atoms with van der Waals surface area (Å²) in [5, 5.41) is 4.18. The lowest BCUT2D eigenvalue weighted by Crippen LogP contribution is -2.52. The number of carbonyl (C=O) groups excluding carboxylic acids is 4. The van der Waals surface area contributed by atoms with Crippen LogP contribution in [-0.4, -0.2) is 90.0 Å². The zero-order valence-corrected chi connectivity index (χ0v) is 28.4. The highest BCUT2D eigenvalue weighted by Gasteiger charge is 2.39. The van der Waals surface area contributed by atoms with Crippen molar-refractivity contribution in [3.05, 3.63) is 47.5 Å². The molecule has 0 saturated carbocycles. The molecule has 0 bridgehead atoms. The molecule has 3 aromatic rings. The molecule has 0 spiro atoms. The third kappa shape index (κ3) is 9.30. The summed E-state index contributed by atoms with van der Waals surface area (Å²) in [6, 6.07) is 13.3. The predicted octanol–water partition coefficient (Wildman–Crippen LogP) is 2.91. The van der Waals surface area contributed by atoms with Crippen LogP contribution in [0.2, 0.25) is 5.02 Å². The van der Waals surface area contributed by atoms with Gasteiger partial charge in [-0.25, -0.2) is 9.97 Å². The van der Waals surface area contributed by atoms with Crippen molar-refractivity contribution >= 4 is 58.0 Å². The lowest BCUT2D eigenvalue weighted by atomic mass is 9.86. The van der Waals surface area contributed by atoms with Crippen LogP contribution in [0, 0.1) is 11.8 Å². The molecule has 1 aromatic heterocycles. The van der Waals surface area contributed by atoms with Crippen LogP contribution in [0.4, 0.5) is 11.6 Å². The second-order valence-electron chi connectivity index (χ2n) is 11.8. The number of halogens is 1. The minimum Gasteiger partial charge on any atom is -0.462 e. The van der Waals surface area contributed by atoms with Gasteiger partial charge in [-0.15, -0.1) is 0 Å². The third-order valence-corrected chi connectivity index (χ3v) is 8.40. The molecule has 1 saturated heterocycles. The van der Waals surface area contributed by atoms with Crippen molar-refractivity contribution in [3.63, 3.8) is 0 Å². The van der Waals surface area contributed by atoms with E-state index in [2.05, 4.69) is 15.2 Å². The van der Waals surface area contributed by atoms with Gasteiger partial charge in [0, 0.05) is 80.4 Å². The molecule has 2 heterocycles. The van der Waals surface area contributed by atoms with Crippen molar-refractivity contribution in [2.24, 2.45) is 23.3 Å². The van der Waals surface area contributed by atoms with E-state index in [9.17, 15) is 19.2 Å². The first-order valence-corrected chi connectivity index (χ1v) is 16.0. The van der Waals surface area contributed by atoms with E-state index in [4.69, 9.17) is 42.3 Å². The number of hydrogen-bond acceptors (Lipinski definition) is 13. The Hall–Kier alpha value is -4.53. The Bertz CT molecular complexity index is 1650. The zero-order chi connectivity index (χ0) is 35.1. The second-order valence-corrected chi connectivity index (χ2v) is 12.2. The van der Waals surface area contributed by atoms with Crippen LogP contribution < -0.4 is 21.7 Å². The molecular formula is C33H42ClN7O7. The minimum atomic E-state index is -1.08. The Kier molecular flexibility index (Phi) is 12.1. The van der Waals surface area contributed by atoms with E-state index in [-0.39, 0.29) is 18.5 Å². The van der Waals surface area contributed by atoms with Crippen molar-refractivity contribution in [1.29, 1.82) is 0 Å². The average molecular weight is 684 g/mol. The van der Waals surface area contributed by atoms with Gasteiger partial charge in [0.05, 0.1) is 11.2 Å². The molecule has 4 atom stereocenters. The number of piperazine rings is 1. The molecule has 2 aromatic carbocycles. The van der Waals surface area contributed by atoms with Crippen LogP contribution >= 0.6 is 11.6 Å². The van der Waals surface area contributed by atoms with E-state index < -0.39 is 48.2 Å². The van der Waals surface area contributed by atoms with E-state index in [1.807, 2.05) is 36.4 Å². The molecule has 4 rings (SSSR count). The van der Waals surface area contributed by atoms with Crippen LogP contribution in [0.3, 0.4) is 0 Å². The summed E-state index contributed by atoms with van der Waals surface area (Å²) in [5.41, 5.74) is 14.6. The predicted molar refractivity (Wildman–Crippen MR) is 181 cm³/mol. The Labute approximate surface area is 284 Å². The molecule has 48 heavy (non-hydrogen) atoms. The molecular weight excluding hydrogens is 642 g/mol. The van der Waals surface area contributed by atoms with Gasteiger partial charge >= 0.3 is 17.9 Å². The maximum atomic E-state index is 13.7. The van der Waals surface area contributed by atoms with Gasteiger partial charge < -0.3 is 29.3 Å². The van der Waals surface area contributed by atoms with Crippen LogP contribution in [0.15, 0.2) is 42.5 Å². The van der Waals surface area contributed by atoms with E-state index in [0.29, 0.717) is 42.4 Å². The summed E-state index contributed by atoms with van der Waals surface area (Å²) in [4.78, 5) is 62.2. The van der Waals surface area contributed by atoms with Crippen LogP contribution in [0.25, 0.3) is 22.2 Å². The van der Waals surface area contributed by atoms with Crippen molar-refractivity contribution in [1.82, 2.24) is 14.9 Å². The monoisotopic (exact) mass is 683 g/mol. The summed E-state index contributed by atoms with van der Waals surface area (Å²) in [5.74, 6) is -2.86. The van der Waals surface area contributed by atoms with Gasteiger partial charge in [0.2, 0.25) is 11.9 Å². The SMILES string of the molecule is CC(=O)OCC(OC(C)=O)C(OC(C)=O)C(C)C(C)C(=O)N1CCN(c2cccc(-c3nc(NC(N)N)nc4ccc(Cl)cc34)c2)CC1. The normalized spacial score (nSPS) is 15.8. The summed E-state index contributed by atoms with van der Waals surface area (Å²) >= 11 is 6.33. The van der Waals surface area contributed by atoms with Crippen LogP contribution in [0.5, 0.6) is 0 Å². The fourth-order valence-corrected chi connectivity index (χ4v) is 5.86. The molecule has 258 valence electrons. The average Bonchev–Trinajstić information content (AvgIpc) is 3.04. The minimum absolute atomic E-state index is 0.135. The van der Waals surface area contributed by atoms with Gasteiger partial charge in [0.15, 0.2) is 6.10 Å². The van der Waals surface area contributed by atoms with Gasteiger partial charge in [-0.05, 0) is 30.3 Å². The number of nitrogens with zero attached hydrogens (tertiary/aromatic N) is 4. The van der Waals surface area contributed by atoms with Gasteiger partial charge in [0.1, 0.15) is 19.0 Å². The summed E-state index contributed by atoms with van der Waals surface area (Å²) in [7, 11) is 0. The number of amides is 1. The molecule has 15 heteroatoms. The molecule has 14 nitrogen and oxygen atoms in total. The molecule has 1 amide bonds. The second kappa shape index (κ2) is 16.0. The topological polar surface area (TPSA) is 192 Å². The molecule has 0 aliphatic carbocycles. The number of nitrogens with one attached hydrogen (secondary N) is 1. The first-order valence-electron chi connectivity index (χ1n) is 15.6. The first kappa shape index (κ1) is 36.3. The first-order chi connectivity index (χ1) is 22.7. The van der Waals surface area contributed by atoms with E-state index in [1.54, 1.807) is 24.8 Å². The standard InChI is InChI=1S/C33H42ClN7O7/c1-18(30(48-22(5)44)28(47-21(4)43)17-46-20(3)42)19(2)31(45)41-13-11-40(12-14-41)25-8-6-7-23(15-25)29-26-16-24(34)9-10-27(26)37-33(38-29)39-32(35)36/h6-10,15-16,18-19,28,30,32H,11-14,17,35-36H2,1-5H3,(H,37,38,39). The molecule has 1 fully saturated rings. The Morgan fingerprint density at radius 3 is 2.23 bits per heavy atom. The lowest BCUT2D eigenvalue weighted by Gasteiger charge is -2.39. The number of aromatic nitrogens is 2. The Morgan fingerprint density at radius 2 is 1.60 bits per heavy atom. The Balaban J connectivity index is 1.49. The summed E-state index contributed by atoms with van der Waals surface area (Å²) in [6.45, 7) is 8.87. The maximum absolute atomic E-state index is 13.7. The number of esters is 3. The number of fused-ring (bicyclic) bond motifs is 1. The maximum Gasteiger partial charge on any atom is 0.303 e. The highest BCUT2D eigenvalue weighted by atomic mass is 35.5. The molecule has 5 N–H and O–H groups in total. The highest BCUT2D eigenvalue weighted by molar-refractivity contribution is 6.31. The molecule has 4 unspecified atom stereocenters. The number of hydrogen-bond donors (Lipinski definition) is 3. The number of nitrogens with two attached hydrogens (primary N) is 2. The van der Waals surface area contributed by atoms with Crippen molar-refractivity contribution < 1.29 is 33.4 Å². The van der Waals surface area contributed by atoms with Crippen LogP contribution in [-0.2, 0) is 33.4 Å². The van der Waals surface area contributed by atoms with E-state index in [0.717, 1.165) is 16.6 Å². The number of carbonyl (C=O) groups is 4. The number of benzene rings is 2. The van der Waals surface area contributed by atoms with E-state index >= 15 is 0 Å². The highest BCUT2D eigenvalue weighted by Crippen LogP contribution is 2.32. The summed E-state index contributed by atoms with van der Waals surface area (Å²) in [6.07, 6.45) is -2.94. The molecule has 1 aliphatic rings. The third-order valence-electron chi connectivity index (χ3n) is 8.16. The zero-order valence-electron chi connectivity index (χ0n) is 27.6. The van der Waals surface area contributed by atoms with Gasteiger partial charge in [-0.3, -0.25) is 30.6 Å². The summed E-state index contributed by atoms with van der Waals surface area (Å²) < 4.78 is 16.0. The smallest absolute Gasteiger partial charge is 0.303 e. The van der Waals surface area contributed by atoms with Gasteiger partial charge in [0.25, 0.3) is 0 Å². The molecule has 1 aliphatic heterocycles. The van der Waals surface area contributed by atoms with Crippen molar-refractivity contribution in [2.45, 2.75) is 53.1 Å². The fraction of sp³-hybridized carbons (Fsp3) is 0.455. The number of anilines is 2. The van der Waals surface area contributed by atoms with Crippen molar-refractivity contribution in [3.8, 4) is 11.3 Å². The van der Waals surface area contributed by atoms with E-state index in [1.165, 1.54) is 20.8 Å². The van der Waals surface area contributed by atoms with Gasteiger partial charge in [-0.1, -0.05) is 37.6 Å². The largest absolute Gasteiger partial charge is 0.462 e. The fourth-order valence-electron chi connectivity index (χ4n) is 5.69. The number of ether oxygens (including phenoxy) is 3. The Morgan fingerprint density at radius 1 is 0.917 bits per heavy atom. The number of rotatable bonds is 12. The quantitative estimate of drug-likeness (QED) is 0.144. The van der Waals surface area contributed by atoms with Crippen LogP contribution in [0.1, 0.15) is 34.6 Å².